The SMILES string of the molecule is CC1=NN=C(n2ccnc2)[N]1. The van der Waals surface area contributed by atoms with Crippen molar-refractivity contribution in [3.63, 3.8) is 0 Å². The third-order valence-corrected chi connectivity index (χ3v) is 1.28. The van der Waals surface area contributed by atoms with Gasteiger partial charge in [-0.25, -0.2) is 4.98 Å². The van der Waals surface area contributed by atoms with Crippen molar-refractivity contribution in [2.24, 2.45) is 10.2 Å². The Labute approximate surface area is 63.5 Å². The van der Waals surface area contributed by atoms with Gasteiger partial charge < -0.3 is 0 Å². The van der Waals surface area contributed by atoms with E-state index in [0.717, 1.165) is 0 Å². The minimum Gasteiger partial charge on any atom is -0.273 e. The van der Waals surface area contributed by atoms with Crippen molar-refractivity contribution in [1.82, 2.24) is 14.9 Å². The number of hydrogen-bond acceptors (Lipinski definition) is 3. The summed E-state index contributed by atoms with van der Waals surface area (Å²) in [7, 11) is 0. The third kappa shape index (κ3) is 1.000. The molecule has 5 heteroatoms. The third-order valence-electron chi connectivity index (χ3n) is 1.28. The molecule has 2 heterocycles. The maximum absolute atomic E-state index is 4.05. The summed E-state index contributed by atoms with van der Waals surface area (Å²) in [5, 5.41) is 11.6. The van der Waals surface area contributed by atoms with Crippen LogP contribution >= 0.6 is 0 Å². The van der Waals surface area contributed by atoms with Gasteiger partial charge in [0.25, 0.3) is 5.96 Å². The van der Waals surface area contributed by atoms with E-state index in [1.165, 1.54) is 0 Å². The Bertz CT molecular complexity index is 308. The zero-order valence-corrected chi connectivity index (χ0v) is 5.97. The van der Waals surface area contributed by atoms with E-state index in [9.17, 15) is 0 Å². The van der Waals surface area contributed by atoms with Gasteiger partial charge >= 0.3 is 0 Å². The van der Waals surface area contributed by atoms with E-state index >= 15 is 0 Å². The summed E-state index contributed by atoms with van der Waals surface area (Å²) in [6.07, 6.45) is 5.08. The van der Waals surface area contributed by atoms with Crippen LogP contribution in [0.25, 0.3) is 0 Å². The molecule has 1 aliphatic rings. The molecule has 0 aliphatic carbocycles. The molecule has 0 unspecified atom stereocenters. The predicted molar refractivity (Wildman–Crippen MR) is 40.3 cm³/mol. The highest BCUT2D eigenvalue weighted by Crippen LogP contribution is 1.94. The predicted octanol–water partition coefficient (Wildman–Crippen LogP) is 0.0386. The molecule has 0 bridgehead atoms. The van der Waals surface area contributed by atoms with Crippen LogP contribution in [0.4, 0.5) is 0 Å². The second-order valence-electron chi connectivity index (χ2n) is 2.13. The average Bonchev–Trinajstić information content (AvgIpc) is 2.55. The summed E-state index contributed by atoms with van der Waals surface area (Å²) in [6.45, 7) is 1.80. The molecular formula is C6H6N5. The Balaban J connectivity index is 2.23. The van der Waals surface area contributed by atoms with Crippen LogP contribution in [0.3, 0.4) is 0 Å². The number of nitrogens with zero attached hydrogens (tertiary/aromatic N) is 5. The van der Waals surface area contributed by atoms with E-state index in [1.807, 2.05) is 0 Å². The van der Waals surface area contributed by atoms with Gasteiger partial charge in [0.15, 0.2) is 5.84 Å². The van der Waals surface area contributed by atoms with E-state index in [2.05, 4.69) is 20.5 Å². The second-order valence-corrected chi connectivity index (χ2v) is 2.13. The Hall–Kier alpha value is -1.65. The molecule has 0 saturated heterocycles. The summed E-state index contributed by atoms with van der Waals surface area (Å²) in [4.78, 5) is 3.86. The summed E-state index contributed by atoms with van der Waals surface area (Å²) < 4.78 is 1.71. The number of rotatable bonds is 0. The molecule has 55 valence electrons. The monoisotopic (exact) mass is 148 g/mol. The van der Waals surface area contributed by atoms with Gasteiger partial charge in [0.2, 0.25) is 0 Å². The fraction of sp³-hybridized carbons (Fsp3) is 0.167. The van der Waals surface area contributed by atoms with Crippen LogP contribution in [0.1, 0.15) is 6.92 Å². The summed E-state index contributed by atoms with van der Waals surface area (Å²) in [5.74, 6) is 1.24. The van der Waals surface area contributed by atoms with Crippen molar-refractivity contribution >= 4 is 11.8 Å². The van der Waals surface area contributed by atoms with E-state index in [0.29, 0.717) is 11.8 Å². The Kier molecular flexibility index (Phi) is 1.21. The number of aromatic nitrogens is 2. The van der Waals surface area contributed by atoms with Crippen molar-refractivity contribution < 1.29 is 0 Å². The Morgan fingerprint density at radius 3 is 2.82 bits per heavy atom. The molecule has 0 fully saturated rings. The lowest BCUT2D eigenvalue weighted by Gasteiger charge is -1.96. The van der Waals surface area contributed by atoms with Crippen molar-refractivity contribution in [2.45, 2.75) is 6.92 Å². The summed E-state index contributed by atoms with van der Waals surface area (Å²) >= 11 is 0. The van der Waals surface area contributed by atoms with Gasteiger partial charge in [0.1, 0.15) is 6.33 Å². The highest BCUT2D eigenvalue weighted by molar-refractivity contribution is 6.02. The molecule has 1 aliphatic heterocycles. The summed E-state index contributed by atoms with van der Waals surface area (Å²) in [6, 6.07) is 0. The molecule has 0 aromatic carbocycles. The van der Waals surface area contributed by atoms with Gasteiger partial charge in [-0.1, -0.05) is 0 Å². The van der Waals surface area contributed by atoms with Crippen molar-refractivity contribution in [1.29, 1.82) is 0 Å². The quantitative estimate of drug-likeness (QED) is 0.512. The van der Waals surface area contributed by atoms with Gasteiger partial charge in [-0.3, -0.25) is 4.57 Å². The maximum Gasteiger partial charge on any atom is 0.256 e. The molecule has 11 heavy (non-hydrogen) atoms. The van der Waals surface area contributed by atoms with Gasteiger partial charge in [0, 0.05) is 12.4 Å². The zero-order chi connectivity index (χ0) is 7.68. The van der Waals surface area contributed by atoms with E-state index in [1.54, 1.807) is 30.2 Å². The first-order chi connectivity index (χ1) is 5.36. The van der Waals surface area contributed by atoms with Crippen LogP contribution < -0.4 is 5.32 Å². The van der Waals surface area contributed by atoms with Gasteiger partial charge in [0.05, 0.1) is 0 Å². The zero-order valence-electron chi connectivity index (χ0n) is 5.97. The molecule has 1 aromatic heterocycles. The molecule has 0 spiro atoms. The fourth-order valence-electron chi connectivity index (χ4n) is 0.793. The average molecular weight is 148 g/mol. The number of hydrogen-bond donors (Lipinski definition) is 0. The maximum atomic E-state index is 4.05. The molecule has 0 saturated carbocycles. The highest BCUT2D eigenvalue weighted by atomic mass is 15.4. The smallest absolute Gasteiger partial charge is 0.256 e. The van der Waals surface area contributed by atoms with E-state index in [4.69, 9.17) is 0 Å². The first-order valence-electron chi connectivity index (χ1n) is 3.18. The second kappa shape index (κ2) is 2.19. The van der Waals surface area contributed by atoms with Gasteiger partial charge in [-0.2, -0.15) is 5.32 Å². The molecule has 1 radical (unpaired) electrons. The Morgan fingerprint density at radius 2 is 2.27 bits per heavy atom. The van der Waals surface area contributed by atoms with Crippen molar-refractivity contribution in [3.8, 4) is 0 Å². The van der Waals surface area contributed by atoms with Crippen LogP contribution in [0.15, 0.2) is 28.9 Å². The fourth-order valence-corrected chi connectivity index (χ4v) is 0.793. The lowest BCUT2D eigenvalue weighted by molar-refractivity contribution is 1.06. The first kappa shape index (κ1) is 6.09. The minimum atomic E-state index is 0.569. The molecular weight excluding hydrogens is 142 g/mol. The largest absolute Gasteiger partial charge is 0.273 e. The van der Waals surface area contributed by atoms with E-state index in [-0.39, 0.29) is 0 Å². The van der Waals surface area contributed by atoms with Crippen LogP contribution in [0, 0.1) is 0 Å². The molecule has 5 nitrogen and oxygen atoms in total. The van der Waals surface area contributed by atoms with Gasteiger partial charge in [-0.15, -0.1) is 10.2 Å². The van der Waals surface area contributed by atoms with Crippen LogP contribution in [0.2, 0.25) is 0 Å². The molecule has 1 aromatic rings. The molecule has 0 atom stereocenters. The number of imidazole rings is 1. The molecule has 0 amide bonds. The lowest BCUT2D eigenvalue weighted by atomic mass is 10.7. The Morgan fingerprint density at radius 1 is 1.36 bits per heavy atom. The standard InChI is InChI=1S/C6H6N5/c1-5-8-6(10-9-5)11-3-2-7-4-11/h2-4H,1H3. The van der Waals surface area contributed by atoms with Crippen LogP contribution in [0.5, 0.6) is 0 Å². The lowest BCUT2D eigenvalue weighted by Crippen LogP contribution is -2.22. The summed E-state index contributed by atoms with van der Waals surface area (Å²) in [5.41, 5.74) is 0. The molecule has 0 N–H and O–H groups in total. The van der Waals surface area contributed by atoms with Crippen molar-refractivity contribution in [2.75, 3.05) is 0 Å². The van der Waals surface area contributed by atoms with Crippen LogP contribution in [-0.4, -0.2) is 21.3 Å². The topological polar surface area (TPSA) is 56.6 Å². The van der Waals surface area contributed by atoms with Crippen molar-refractivity contribution in [3.05, 3.63) is 18.7 Å². The van der Waals surface area contributed by atoms with Gasteiger partial charge in [-0.05, 0) is 6.92 Å². The normalized spacial score (nSPS) is 15.7. The first-order valence-corrected chi connectivity index (χ1v) is 3.18. The van der Waals surface area contributed by atoms with Crippen LogP contribution in [-0.2, 0) is 0 Å². The minimum absolute atomic E-state index is 0.569. The highest BCUT2D eigenvalue weighted by Gasteiger charge is 2.09. The van der Waals surface area contributed by atoms with E-state index < -0.39 is 0 Å². The molecule has 2 rings (SSSR count). The number of amidine groups is 1.